The largest absolute Gasteiger partial charge is 0.326 e. The zero-order valence-corrected chi connectivity index (χ0v) is 8.13. The van der Waals surface area contributed by atoms with Crippen molar-refractivity contribution in [3.8, 4) is 6.07 Å². The molecular weight excluding hydrogens is 216 g/mol. The Morgan fingerprint density at radius 3 is 2.75 bits per heavy atom. The predicted molar refractivity (Wildman–Crippen MR) is 51.7 cm³/mol. The van der Waals surface area contributed by atoms with E-state index in [4.69, 9.17) is 11.0 Å². The number of nitrogens with two attached hydrogens (primary N) is 1. The Balaban J connectivity index is 3.13. The summed E-state index contributed by atoms with van der Waals surface area (Å²) in [7, 11) is 0. The Morgan fingerprint density at radius 1 is 1.50 bits per heavy atom. The van der Waals surface area contributed by atoms with Gasteiger partial charge in [0.05, 0.1) is 11.6 Å². The third-order valence-electron chi connectivity index (χ3n) is 1.67. The van der Waals surface area contributed by atoms with Crippen LogP contribution in [0.1, 0.15) is 16.7 Å². The molecule has 0 aliphatic heterocycles. The Kier molecular flexibility index (Phi) is 3.27. The van der Waals surface area contributed by atoms with E-state index in [1.807, 2.05) is 18.2 Å². The normalized spacial score (nSPS) is 9.42. The first-order valence-corrected chi connectivity index (χ1v) is 4.72. The lowest BCUT2D eigenvalue weighted by Gasteiger charge is -2.01. The molecule has 0 bridgehead atoms. The number of hydrogen-bond acceptors (Lipinski definition) is 2. The monoisotopic (exact) mass is 224 g/mol. The molecule has 0 aliphatic carbocycles. The van der Waals surface area contributed by atoms with Crippen LogP contribution >= 0.6 is 15.9 Å². The fraction of sp³-hybridized carbons (Fsp3) is 0.222. The van der Waals surface area contributed by atoms with E-state index in [1.165, 1.54) is 0 Å². The summed E-state index contributed by atoms with van der Waals surface area (Å²) >= 11 is 3.33. The summed E-state index contributed by atoms with van der Waals surface area (Å²) in [6.07, 6.45) is 0. The molecule has 1 aromatic carbocycles. The second kappa shape index (κ2) is 4.24. The lowest BCUT2D eigenvalue weighted by Crippen LogP contribution is -1.99. The second-order valence-corrected chi connectivity index (χ2v) is 3.00. The van der Waals surface area contributed by atoms with Crippen molar-refractivity contribution in [2.75, 3.05) is 0 Å². The van der Waals surface area contributed by atoms with Crippen LogP contribution in [0.2, 0.25) is 0 Å². The van der Waals surface area contributed by atoms with Crippen molar-refractivity contribution in [1.82, 2.24) is 0 Å². The van der Waals surface area contributed by atoms with Crippen molar-refractivity contribution in [3.05, 3.63) is 34.9 Å². The molecule has 2 N–H and O–H groups in total. The zero-order valence-electron chi connectivity index (χ0n) is 6.55. The predicted octanol–water partition coefficient (Wildman–Crippen LogP) is 1.91. The van der Waals surface area contributed by atoms with Gasteiger partial charge in [0.1, 0.15) is 0 Å². The first-order valence-electron chi connectivity index (χ1n) is 3.59. The van der Waals surface area contributed by atoms with Crippen LogP contribution < -0.4 is 5.73 Å². The van der Waals surface area contributed by atoms with Gasteiger partial charge in [-0.2, -0.15) is 5.26 Å². The number of nitriles is 1. The van der Waals surface area contributed by atoms with Crippen molar-refractivity contribution in [3.63, 3.8) is 0 Å². The third kappa shape index (κ3) is 1.84. The molecule has 0 saturated carbocycles. The van der Waals surface area contributed by atoms with E-state index in [-0.39, 0.29) is 0 Å². The number of alkyl halides is 1. The van der Waals surface area contributed by atoms with Crippen molar-refractivity contribution < 1.29 is 0 Å². The average Bonchev–Trinajstić information content (AvgIpc) is 2.16. The van der Waals surface area contributed by atoms with E-state index < -0.39 is 0 Å². The minimum absolute atomic E-state index is 0.422. The van der Waals surface area contributed by atoms with E-state index in [0.717, 1.165) is 16.5 Å². The highest BCUT2D eigenvalue weighted by Gasteiger charge is 2.00. The Morgan fingerprint density at radius 2 is 2.25 bits per heavy atom. The molecule has 0 fully saturated rings. The van der Waals surface area contributed by atoms with E-state index in [0.29, 0.717) is 12.1 Å². The molecule has 1 rings (SSSR count). The SMILES string of the molecule is N#Cc1cc(CBr)ccc1CN. The molecule has 0 unspecified atom stereocenters. The average molecular weight is 225 g/mol. The summed E-state index contributed by atoms with van der Waals surface area (Å²) in [5.41, 5.74) is 8.14. The van der Waals surface area contributed by atoms with Crippen molar-refractivity contribution in [1.29, 1.82) is 5.26 Å². The summed E-state index contributed by atoms with van der Waals surface area (Å²) in [6.45, 7) is 0.422. The first kappa shape index (κ1) is 9.24. The van der Waals surface area contributed by atoms with Crippen molar-refractivity contribution >= 4 is 15.9 Å². The van der Waals surface area contributed by atoms with Crippen LogP contribution in [0.3, 0.4) is 0 Å². The highest BCUT2D eigenvalue weighted by atomic mass is 79.9. The topological polar surface area (TPSA) is 49.8 Å². The van der Waals surface area contributed by atoms with Gasteiger partial charge in [-0.1, -0.05) is 28.1 Å². The van der Waals surface area contributed by atoms with Crippen LogP contribution in [0, 0.1) is 11.3 Å². The molecule has 0 radical (unpaired) electrons. The van der Waals surface area contributed by atoms with Crippen LogP contribution in [0.25, 0.3) is 0 Å². The van der Waals surface area contributed by atoms with Crippen LogP contribution in [0.15, 0.2) is 18.2 Å². The molecule has 2 nitrogen and oxygen atoms in total. The van der Waals surface area contributed by atoms with Crippen molar-refractivity contribution in [2.45, 2.75) is 11.9 Å². The highest BCUT2D eigenvalue weighted by molar-refractivity contribution is 9.08. The van der Waals surface area contributed by atoms with E-state index >= 15 is 0 Å². The standard InChI is InChI=1S/C9H9BrN2/c10-4-7-1-2-8(5-11)9(3-7)6-12/h1-3H,4-5,11H2. The maximum Gasteiger partial charge on any atom is 0.0995 e. The van der Waals surface area contributed by atoms with Gasteiger partial charge in [0.15, 0.2) is 0 Å². The Bertz CT molecular complexity index is 315. The van der Waals surface area contributed by atoms with Gasteiger partial charge in [-0.15, -0.1) is 0 Å². The van der Waals surface area contributed by atoms with Gasteiger partial charge in [-0.3, -0.25) is 0 Å². The second-order valence-electron chi connectivity index (χ2n) is 2.44. The third-order valence-corrected chi connectivity index (χ3v) is 2.32. The fourth-order valence-electron chi connectivity index (χ4n) is 0.989. The molecule has 0 spiro atoms. The molecule has 62 valence electrons. The molecule has 12 heavy (non-hydrogen) atoms. The van der Waals surface area contributed by atoms with E-state index in [1.54, 1.807) is 0 Å². The van der Waals surface area contributed by atoms with E-state index in [9.17, 15) is 0 Å². The van der Waals surface area contributed by atoms with Gasteiger partial charge in [0.2, 0.25) is 0 Å². The molecule has 0 heterocycles. The molecular formula is C9H9BrN2. The highest BCUT2D eigenvalue weighted by Crippen LogP contribution is 2.12. The fourth-order valence-corrected chi connectivity index (χ4v) is 1.34. The lowest BCUT2D eigenvalue weighted by atomic mass is 10.1. The molecule has 0 aromatic heterocycles. The number of rotatable bonds is 2. The van der Waals surface area contributed by atoms with Crippen LogP contribution in [-0.2, 0) is 11.9 Å². The molecule has 0 saturated heterocycles. The molecule has 1 aromatic rings. The smallest absolute Gasteiger partial charge is 0.0995 e. The van der Waals surface area contributed by atoms with Gasteiger partial charge in [-0.25, -0.2) is 0 Å². The van der Waals surface area contributed by atoms with Crippen molar-refractivity contribution in [2.24, 2.45) is 5.73 Å². The summed E-state index contributed by atoms with van der Waals surface area (Å²) in [6, 6.07) is 7.85. The van der Waals surface area contributed by atoms with Gasteiger partial charge >= 0.3 is 0 Å². The lowest BCUT2D eigenvalue weighted by molar-refractivity contribution is 1.06. The number of hydrogen-bond donors (Lipinski definition) is 1. The molecule has 0 atom stereocenters. The minimum atomic E-state index is 0.422. The van der Waals surface area contributed by atoms with Crippen LogP contribution in [0.5, 0.6) is 0 Å². The maximum absolute atomic E-state index is 8.75. The van der Waals surface area contributed by atoms with Gasteiger partial charge in [-0.05, 0) is 17.2 Å². The summed E-state index contributed by atoms with van der Waals surface area (Å²) < 4.78 is 0. The quantitative estimate of drug-likeness (QED) is 0.781. The summed E-state index contributed by atoms with van der Waals surface area (Å²) in [5, 5.41) is 9.52. The number of nitrogens with zero attached hydrogens (tertiary/aromatic N) is 1. The van der Waals surface area contributed by atoms with Gasteiger partial charge in [0, 0.05) is 11.9 Å². The minimum Gasteiger partial charge on any atom is -0.326 e. The number of halogens is 1. The van der Waals surface area contributed by atoms with Gasteiger partial charge in [0.25, 0.3) is 0 Å². The van der Waals surface area contributed by atoms with Gasteiger partial charge < -0.3 is 5.73 Å². The van der Waals surface area contributed by atoms with Crippen LogP contribution in [0.4, 0.5) is 0 Å². The zero-order chi connectivity index (χ0) is 8.97. The maximum atomic E-state index is 8.75. The molecule has 0 amide bonds. The Hall–Kier alpha value is -0.850. The first-order chi connectivity index (χ1) is 5.81. The Labute approximate surface area is 80.1 Å². The van der Waals surface area contributed by atoms with Crippen LogP contribution in [-0.4, -0.2) is 0 Å². The molecule has 0 aliphatic rings. The number of benzene rings is 1. The van der Waals surface area contributed by atoms with E-state index in [2.05, 4.69) is 22.0 Å². The summed E-state index contributed by atoms with van der Waals surface area (Å²) in [5.74, 6) is 0. The summed E-state index contributed by atoms with van der Waals surface area (Å²) in [4.78, 5) is 0. The molecule has 3 heteroatoms.